The Morgan fingerprint density at radius 2 is 1.38 bits per heavy atom. The highest BCUT2D eigenvalue weighted by Gasteiger charge is 2.38. The van der Waals surface area contributed by atoms with Crippen molar-refractivity contribution in [3.05, 3.63) is 89.8 Å². The van der Waals surface area contributed by atoms with E-state index in [9.17, 15) is 22.0 Å². The molecule has 0 amide bonds. The summed E-state index contributed by atoms with van der Waals surface area (Å²) in [5, 5.41) is 3.31. The molecule has 0 atom stereocenters. The zero-order valence-corrected chi connectivity index (χ0v) is 15.7. The van der Waals surface area contributed by atoms with Crippen LogP contribution in [-0.2, 0) is 12.1 Å². The van der Waals surface area contributed by atoms with E-state index in [0.29, 0.717) is 10.7 Å². The minimum Gasteiger partial charge on any atom is -0.246 e. The summed E-state index contributed by atoms with van der Waals surface area (Å²) in [7, 11) is 0. The van der Waals surface area contributed by atoms with E-state index in [1.165, 1.54) is 24.3 Å². The molecule has 0 aliphatic carbocycles. The maximum absolute atomic E-state index is 15.1. The van der Waals surface area contributed by atoms with Crippen LogP contribution in [0.15, 0.2) is 60.8 Å². The molecule has 4 aromatic heterocycles. The lowest BCUT2D eigenvalue weighted by atomic mass is 10.1. The maximum Gasteiger partial charge on any atom is 0.435 e. The summed E-state index contributed by atoms with van der Waals surface area (Å²) < 4.78 is 96.2. The fourth-order valence-corrected chi connectivity index (χ4v) is 2.82. The largest absolute Gasteiger partial charge is 0.435 e. The van der Waals surface area contributed by atoms with Gasteiger partial charge in [-0.25, -0.2) is 14.6 Å². The molecule has 0 bridgehead atoms. The average molecular weight is 453 g/mol. The minimum absolute atomic E-state index is 0.217. The number of alkyl halides is 5. The lowest BCUT2D eigenvalue weighted by Crippen LogP contribution is -2.20. The van der Waals surface area contributed by atoms with E-state index in [2.05, 4.69) is 20.1 Å². The van der Waals surface area contributed by atoms with Gasteiger partial charge in [0.15, 0.2) is 11.5 Å². The number of nitrogens with zero attached hydrogens (tertiary/aromatic N) is 5. The van der Waals surface area contributed by atoms with Gasteiger partial charge in [-0.3, -0.25) is 0 Å². The zero-order valence-electron chi connectivity index (χ0n) is 15.7. The van der Waals surface area contributed by atoms with E-state index in [-0.39, 0.29) is 17.1 Å². The van der Waals surface area contributed by atoms with Crippen molar-refractivity contribution < 1.29 is 30.7 Å². The Kier molecular flexibility index (Phi) is 5.15. The normalized spacial score (nSPS) is 12.2. The first kappa shape index (κ1) is 21.4. The van der Waals surface area contributed by atoms with Gasteiger partial charge in [0.25, 0.3) is 0 Å². The molecule has 5 nitrogen and oxygen atoms in total. The van der Waals surface area contributed by atoms with Gasteiger partial charge in [0.2, 0.25) is 11.9 Å². The van der Waals surface area contributed by atoms with Crippen molar-refractivity contribution in [2.45, 2.75) is 12.1 Å². The number of hydrogen-bond acceptors (Lipinski definition) is 4. The molecule has 164 valence electrons. The fourth-order valence-electron chi connectivity index (χ4n) is 2.82. The molecule has 0 aliphatic heterocycles. The van der Waals surface area contributed by atoms with Crippen molar-refractivity contribution in [1.29, 1.82) is 0 Å². The van der Waals surface area contributed by atoms with Crippen LogP contribution in [0.2, 0.25) is 0 Å². The van der Waals surface area contributed by atoms with Gasteiger partial charge in [-0.15, -0.1) is 0 Å². The summed E-state index contributed by atoms with van der Waals surface area (Å²) >= 11 is 0. The first-order valence-electron chi connectivity index (χ1n) is 8.84. The van der Waals surface area contributed by atoms with E-state index in [1.54, 1.807) is 0 Å². The molecule has 12 heteroatoms. The van der Waals surface area contributed by atoms with Gasteiger partial charge in [-0.05, 0) is 42.5 Å². The van der Waals surface area contributed by atoms with Crippen LogP contribution in [0.5, 0.6) is 0 Å². The summed E-state index contributed by atoms with van der Waals surface area (Å²) in [4.78, 5) is 10.5. The van der Waals surface area contributed by atoms with E-state index in [1.807, 2.05) is 0 Å². The molecule has 4 aromatic rings. The second-order valence-electron chi connectivity index (χ2n) is 6.48. The Balaban J connectivity index is 1.71. The van der Waals surface area contributed by atoms with Crippen molar-refractivity contribution in [2.24, 2.45) is 0 Å². The fraction of sp³-hybridized carbons (Fsp3) is 0.100. The molecular weight excluding hydrogens is 443 g/mol. The molecule has 4 rings (SSSR count). The zero-order chi connectivity index (χ0) is 23.1. The molecule has 32 heavy (non-hydrogen) atoms. The molecule has 0 fully saturated rings. The highest BCUT2D eigenvalue weighted by Crippen LogP contribution is 2.35. The molecule has 0 radical (unpaired) electrons. The first-order valence-corrected chi connectivity index (χ1v) is 8.84. The average Bonchev–Trinajstić information content (AvgIpc) is 3.25. The van der Waals surface area contributed by atoms with Crippen molar-refractivity contribution in [1.82, 2.24) is 24.7 Å². The minimum atomic E-state index is -4.71. The number of halogens is 7. The van der Waals surface area contributed by atoms with Crippen LogP contribution in [0, 0.1) is 11.9 Å². The Morgan fingerprint density at radius 3 is 2.03 bits per heavy atom. The third kappa shape index (κ3) is 4.03. The molecule has 0 saturated carbocycles. The van der Waals surface area contributed by atoms with Gasteiger partial charge in [-0.2, -0.15) is 40.8 Å². The van der Waals surface area contributed by atoms with Crippen LogP contribution in [0.4, 0.5) is 30.7 Å². The highest BCUT2D eigenvalue weighted by molar-refractivity contribution is 5.58. The molecule has 0 aromatic carbocycles. The molecule has 0 unspecified atom stereocenters. The molecule has 0 N–H and O–H groups in total. The number of hydrogen-bond donors (Lipinski definition) is 0. The molecule has 4 heterocycles. The lowest BCUT2D eigenvalue weighted by molar-refractivity contribution is -0.141. The highest BCUT2D eigenvalue weighted by atomic mass is 19.4. The summed E-state index contributed by atoms with van der Waals surface area (Å²) in [6.07, 6.45) is -3.77. The predicted molar refractivity (Wildman–Crippen MR) is 96.7 cm³/mol. The van der Waals surface area contributed by atoms with Crippen LogP contribution in [0.1, 0.15) is 17.1 Å². The topological polar surface area (TPSA) is 56.5 Å². The SMILES string of the molecule is Fc1ccc(-c2cccc(C(F)(F)c3cccc(-n4ccc(C(F)(F)F)n4)n3)n2)c(F)n1. The monoisotopic (exact) mass is 453 g/mol. The maximum atomic E-state index is 15.1. The van der Waals surface area contributed by atoms with Gasteiger partial charge in [-0.1, -0.05) is 12.1 Å². The summed E-state index contributed by atoms with van der Waals surface area (Å²) in [6, 6.07) is 9.30. The van der Waals surface area contributed by atoms with E-state index < -0.39 is 41.1 Å². The van der Waals surface area contributed by atoms with Crippen LogP contribution in [-0.4, -0.2) is 24.7 Å². The van der Waals surface area contributed by atoms with Gasteiger partial charge in [0.05, 0.1) is 11.3 Å². The molecule has 0 aliphatic rings. The third-order valence-corrected chi connectivity index (χ3v) is 4.33. The number of aromatic nitrogens is 5. The third-order valence-electron chi connectivity index (χ3n) is 4.33. The summed E-state index contributed by atoms with van der Waals surface area (Å²) in [5.41, 5.74) is -3.34. The second kappa shape index (κ2) is 7.70. The van der Waals surface area contributed by atoms with Crippen LogP contribution in [0.3, 0.4) is 0 Å². The summed E-state index contributed by atoms with van der Waals surface area (Å²) in [5.74, 6) is -6.38. The molecule has 0 saturated heterocycles. The number of pyridine rings is 3. The first-order chi connectivity index (χ1) is 15.1. The van der Waals surface area contributed by atoms with Crippen molar-refractivity contribution in [2.75, 3.05) is 0 Å². The standard InChI is InChI=1S/C20H10F7N5/c21-16-8-7-11(18(22)30-16)12-3-1-4-13(28-12)19(23,24)14-5-2-6-17(29-14)32-10-9-15(31-32)20(25,26)27/h1-10H. The Labute approximate surface area is 175 Å². The smallest absolute Gasteiger partial charge is 0.246 e. The predicted octanol–water partition coefficient (Wildman–Crippen LogP) is 5.16. The lowest BCUT2D eigenvalue weighted by Gasteiger charge is -2.17. The van der Waals surface area contributed by atoms with Crippen LogP contribution in [0.25, 0.3) is 17.1 Å². The van der Waals surface area contributed by atoms with Gasteiger partial charge >= 0.3 is 12.1 Å². The Morgan fingerprint density at radius 1 is 0.688 bits per heavy atom. The summed E-state index contributed by atoms with van der Waals surface area (Å²) in [6.45, 7) is 0. The quantitative estimate of drug-likeness (QED) is 0.316. The number of rotatable bonds is 4. The Bertz CT molecular complexity index is 1280. The van der Waals surface area contributed by atoms with Crippen molar-refractivity contribution in [3.63, 3.8) is 0 Å². The Hall–Kier alpha value is -3.83. The van der Waals surface area contributed by atoms with Crippen LogP contribution < -0.4 is 0 Å². The van der Waals surface area contributed by atoms with Crippen molar-refractivity contribution in [3.8, 4) is 17.1 Å². The second-order valence-corrected chi connectivity index (χ2v) is 6.48. The molecular formula is C20H10F7N5. The molecule has 0 spiro atoms. The van der Waals surface area contributed by atoms with Gasteiger partial charge < -0.3 is 0 Å². The van der Waals surface area contributed by atoms with Gasteiger partial charge in [0, 0.05) is 6.20 Å². The van der Waals surface area contributed by atoms with Crippen LogP contribution >= 0.6 is 0 Å². The van der Waals surface area contributed by atoms with E-state index in [0.717, 1.165) is 30.5 Å². The van der Waals surface area contributed by atoms with E-state index >= 15 is 8.78 Å². The van der Waals surface area contributed by atoms with E-state index in [4.69, 9.17) is 0 Å². The van der Waals surface area contributed by atoms with Gasteiger partial charge in [0.1, 0.15) is 11.4 Å². The van der Waals surface area contributed by atoms with Crippen molar-refractivity contribution >= 4 is 0 Å².